The van der Waals surface area contributed by atoms with Crippen LogP contribution in [0.1, 0.15) is 119 Å². The number of esters is 2. The first-order valence-electron chi connectivity index (χ1n) is 20.6. The lowest BCUT2D eigenvalue weighted by molar-refractivity contribution is -0.129. The first kappa shape index (κ1) is 45.2. The Labute approximate surface area is 349 Å². The van der Waals surface area contributed by atoms with Crippen LogP contribution in [0.2, 0.25) is 0 Å². The molecule has 0 bridgehead atoms. The van der Waals surface area contributed by atoms with Crippen LogP contribution in [0, 0.1) is 16.9 Å². The van der Waals surface area contributed by atoms with Gasteiger partial charge in [0.25, 0.3) is 0 Å². The number of benzene rings is 2. The predicted octanol–water partition coefficient (Wildman–Crippen LogP) is 14.5. The van der Waals surface area contributed by atoms with Crippen LogP contribution in [0.4, 0.5) is 0 Å². The van der Waals surface area contributed by atoms with Gasteiger partial charge in [0.05, 0.1) is 0 Å². The molecule has 0 N–H and O–H groups in total. The highest BCUT2D eigenvalue weighted by molar-refractivity contribution is 5.86. The smallest absolute Gasteiger partial charge is 0.336 e. The van der Waals surface area contributed by atoms with Gasteiger partial charge in [-0.05, 0) is 161 Å². The molecule has 4 rings (SSSR count). The quantitative estimate of drug-likeness (QED) is 0.0630. The van der Waals surface area contributed by atoms with Gasteiger partial charge in [0.1, 0.15) is 11.5 Å². The summed E-state index contributed by atoms with van der Waals surface area (Å²) in [7, 11) is 0. The van der Waals surface area contributed by atoms with Crippen molar-refractivity contribution in [2.75, 3.05) is 0 Å². The molecule has 0 heterocycles. The molecule has 0 saturated carbocycles. The molecule has 2 aromatic rings. The van der Waals surface area contributed by atoms with E-state index in [4.69, 9.17) is 9.47 Å². The molecule has 0 spiro atoms. The fourth-order valence-corrected chi connectivity index (χ4v) is 7.49. The summed E-state index contributed by atoms with van der Waals surface area (Å²) in [5, 5.41) is 0. The molecule has 2 aliphatic carbocycles. The third-order valence-electron chi connectivity index (χ3n) is 10.8. The highest BCUT2D eigenvalue weighted by atomic mass is 16.5. The van der Waals surface area contributed by atoms with Crippen molar-refractivity contribution in [2.24, 2.45) is 10.8 Å². The number of rotatable bonds is 14. The molecule has 0 aliphatic heterocycles. The van der Waals surface area contributed by atoms with Gasteiger partial charge in [-0.2, -0.15) is 0 Å². The van der Waals surface area contributed by atoms with Gasteiger partial charge < -0.3 is 9.47 Å². The Hall–Kier alpha value is -5.48. The van der Waals surface area contributed by atoms with Gasteiger partial charge in [-0.15, -0.1) is 0 Å². The lowest BCUT2D eigenvalue weighted by Gasteiger charge is -2.33. The van der Waals surface area contributed by atoms with Crippen LogP contribution in [0.25, 0.3) is 12.2 Å². The van der Waals surface area contributed by atoms with Crippen molar-refractivity contribution < 1.29 is 19.1 Å². The van der Waals surface area contributed by atoms with E-state index in [9.17, 15) is 9.59 Å². The predicted molar refractivity (Wildman–Crippen MR) is 244 cm³/mol. The number of ether oxygens (including phenoxy) is 2. The molecule has 4 nitrogen and oxygen atoms in total. The number of carbonyl (C=O) groups excluding carboxylic acids is 2. The molecule has 0 saturated heterocycles. The second-order valence-corrected chi connectivity index (χ2v) is 17.1. The van der Waals surface area contributed by atoms with Crippen molar-refractivity contribution in [1.29, 1.82) is 0 Å². The molecule has 1 radical (unpaired) electrons. The Bertz CT molecular complexity index is 2140. The molecular weight excluding hydrogens is 713 g/mol. The van der Waals surface area contributed by atoms with Gasteiger partial charge in [0.15, 0.2) is 0 Å². The molecule has 0 aromatic heterocycles. The number of carbonyl (C=O) groups is 2. The highest BCUT2D eigenvalue weighted by Gasteiger charge is 2.27. The molecule has 2 aliphatic rings. The molecular formula is C54H63O4. The summed E-state index contributed by atoms with van der Waals surface area (Å²) in [5.74, 6) is -0.0155. The van der Waals surface area contributed by atoms with E-state index in [1.165, 1.54) is 73.0 Å². The summed E-state index contributed by atoms with van der Waals surface area (Å²) < 4.78 is 11.1. The van der Waals surface area contributed by atoms with Crippen molar-refractivity contribution in [2.45, 2.75) is 108 Å². The zero-order chi connectivity index (χ0) is 42.3. The average Bonchev–Trinajstić information content (AvgIpc) is 3.13. The summed E-state index contributed by atoms with van der Waals surface area (Å²) in [6, 6.07) is 15.6. The lowest BCUT2D eigenvalue weighted by atomic mass is 9.72. The molecule has 4 heteroatoms. The Kier molecular flexibility index (Phi) is 16.6. The van der Waals surface area contributed by atoms with Gasteiger partial charge in [0.2, 0.25) is 0 Å². The van der Waals surface area contributed by atoms with Gasteiger partial charge in [-0.25, -0.2) is 9.59 Å². The van der Waals surface area contributed by atoms with Crippen LogP contribution < -0.4 is 9.47 Å². The van der Waals surface area contributed by atoms with Crippen LogP contribution >= 0.6 is 0 Å². The normalized spacial score (nSPS) is 18.4. The molecule has 303 valence electrons. The summed E-state index contributed by atoms with van der Waals surface area (Å²) in [5.41, 5.74) is 11.9. The Morgan fingerprint density at radius 2 is 1.05 bits per heavy atom. The number of hydrogen-bond acceptors (Lipinski definition) is 4. The minimum atomic E-state index is -0.451. The molecule has 58 heavy (non-hydrogen) atoms. The van der Waals surface area contributed by atoms with Crippen LogP contribution in [0.3, 0.4) is 0 Å². The zero-order valence-corrected chi connectivity index (χ0v) is 36.5. The molecule has 0 atom stereocenters. The monoisotopic (exact) mass is 775 g/mol. The SMILES string of the molecule is CC1=C(/C=C/C(C)=C/C=C/C(C)=C/C(=O)Oc2ccc(/C=C/c3c[c]cc(OC(=O)/C=C(C)/C=C/C=C(C)/C=C/C4=C(C)CCCC4(C)C)c3)cc2)C(C)(C)CCC1. The molecule has 0 unspecified atom stereocenters. The maximum atomic E-state index is 12.7. The Morgan fingerprint density at radius 3 is 1.53 bits per heavy atom. The van der Waals surface area contributed by atoms with Crippen molar-refractivity contribution >= 4 is 24.1 Å². The minimum Gasteiger partial charge on any atom is -0.423 e. The van der Waals surface area contributed by atoms with Crippen LogP contribution in [0.15, 0.2) is 160 Å². The van der Waals surface area contributed by atoms with E-state index < -0.39 is 11.9 Å². The van der Waals surface area contributed by atoms with Gasteiger partial charge in [0, 0.05) is 12.2 Å². The second kappa shape index (κ2) is 21.3. The molecule has 0 amide bonds. The first-order valence-corrected chi connectivity index (χ1v) is 20.6. The van der Waals surface area contributed by atoms with E-state index >= 15 is 0 Å². The largest absolute Gasteiger partial charge is 0.423 e. The Balaban J connectivity index is 1.25. The van der Waals surface area contributed by atoms with Crippen molar-refractivity contribution in [3.63, 3.8) is 0 Å². The third-order valence-corrected chi connectivity index (χ3v) is 10.8. The van der Waals surface area contributed by atoms with E-state index in [-0.39, 0.29) is 10.8 Å². The van der Waals surface area contributed by atoms with Crippen molar-refractivity contribution in [1.82, 2.24) is 0 Å². The fraction of sp³-hybridized carbons (Fsp3) is 0.333. The molecule has 0 fully saturated rings. The summed E-state index contributed by atoms with van der Waals surface area (Å²) in [6.45, 7) is 21.7. The van der Waals surface area contributed by atoms with Gasteiger partial charge in [-0.1, -0.05) is 135 Å². The maximum Gasteiger partial charge on any atom is 0.336 e. The fourth-order valence-electron chi connectivity index (χ4n) is 7.49. The number of hydrogen-bond donors (Lipinski definition) is 0. The van der Waals surface area contributed by atoms with E-state index in [1.54, 1.807) is 24.3 Å². The summed E-state index contributed by atoms with van der Waals surface area (Å²) in [4.78, 5) is 25.3. The van der Waals surface area contributed by atoms with Crippen molar-refractivity contribution in [3.8, 4) is 11.5 Å². The summed E-state index contributed by atoms with van der Waals surface area (Å²) >= 11 is 0. The maximum absolute atomic E-state index is 12.7. The third kappa shape index (κ3) is 14.8. The standard InChI is InChI=1S/C54H63O4/c1-39(24-32-49-43(5)20-14-34-53(49,7)8)16-11-18-41(3)36-51(55)57-47-30-28-45(29-31-47)26-27-46-22-13-23-48(38-46)58-52(56)37-42(4)19-12-17-40(2)25-33-50-44(6)21-15-35-54(50,9)10/h11-12,16-19,22-33,36-38H,14-15,20-21,34-35H2,1-10H3/b18-11+,19-12+,27-26+,32-24+,33-25+,39-16+,40-17+,41-36+,42-37+. The van der Waals surface area contributed by atoms with Crippen LogP contribution in [-0.4, -0.2) is 11.9 Å². The van der Waals surface area contributed by atoms with Gasteiger partial charge in [-0.3, -0.25) is 0 Å². The van der Waals surface area contributed by atoms with Crippen LogP contribution in [-0.2, 0) is 9.59 Å². The topological polar surface area (TPSA) is 52.6 Å². The van der Waals surface area contributed by atoms with E-state index in [1.807, 2.05) is 80.7 Å². The van der Waals surface area contributed by atoms with E-state index in [2.05, 4.69) is 85.8 Å². The first-order chi connectivity index (χ1) is 27.5. The molecule has 2 aromatic carbocycles. The Morgan fingerprint density at radius 1 is 0.586 bits per heavy atom. The van der Waals surface area contributed by atoms with Crippen LogP contribution in [0.5, 0.6) is 11.5 Å². The van der Waals surface area contributed by atoms with Crippen molar-refractivity contribution in [3.05, 3.63) is 177 Å². The highest BCUT2D eigenvalue weighted by Crippen LogP contribution is 2.42. The van der Waals surface area contributed by atoms with Gasteiger partial charge >= 0.3 is 11.9 Å². The van der Waals surface area contributed by atoms with E-state index in [0.717, 1.165) is 33.4 Å². The van der Waals surface area contributed by atoms with E-state index in [0.29, 0.717) is 11.5 Å². The summed E-state index contributed by atoms with van der Waals surface area (Å²) in [6.07, 6.45) is 34.8. The average molecular weight is 776 g/mol. The zero-order valence-electron chi connectivity index (χ0n) is 36.5. The minimum absolute atomic E-state index is 0.213. The second-order valence-electron chi connectivity index (χ2n) is 17.1. The number of allylic oxidation sites excluding steroid dienone is 18. The lowest BCUT2D eigenvalue weighted by Crippen LogP contribution is -2.19.